The van der Waals surface area contributed by atoms with Gasteiger partial charge < -0.3 is 10.6 Å². The maximum atomic E-state index is 12.6. The molecule has 0 aromatic heterocycles. The highest BCUT2D eigenvalue weighted by atomic mass is 32.2. The van der Waals surface area contributed by atoms with Crippen LogP contribution in [0.25, 0.3) is 0 Å². The van der Waals surface area contributed by atoms with Gasteiger partial charge in [0, 0.05) is 17.3 Å². The van der Waals surface area contributed by atoms with Crippen LogP contribution < -0.4 is 15.4 Å². The van der Waals surface area contributed by atoms with E-state index in [0.29, 0.717) is 11.4 Å². The number of carbonyl (C=O) groups is 1. The van der Waals surface area contributed by atoms with Gasteiger partial charge in [-0.25, -0.2) is 8.42 Å². The number of amides is 1. The average molecular weight is 432 g/mol. The first-order valence-electron chi connectivity index (χ1n) is 9.56. The van der Waals surface area contributed by atoms with Crippen molar-refractivity contribution >= 4 is 44.6 Å². The van der Waals surface area contributed by atoms with Gasteiger partial charge in [-0.1, -0.05) is 18.9 Å². The van der Waals surface area contributed by atoms with Crippen LogP contribution in [0.3, 0.4) is 0 Å². The minimum atomic E-state index is -3.70. The first-order valence-corrected chi connectivity index (χ1v) is 11.4. The second kappa shape index (κ2) is 8.92. The molecule has 154 valence electrons. The van der Waals surface area contributed by atoms with Crippen molar-refractivity contribution in [2.45, 2.75) is 44.4 Å². The van der Waals surface area contributed by atoms with Crippen molar-refractivity contribution in [3.63, 3.8) is 0 Å². The van der Waals surface area contributed by atoms with Gasteiger partial charge in [0.15, 0.2) is 5.11 Å². The molecule has 1 amide bonds. The largest absolute Gasteiger partial charge is 0.332 e. The van der Waals surface area contributed by atoms with Crippen LogP contribution >= 0.6 is 12.2 Å². The van der Waals surface area contributed by atoms with E-state index in [1.165, 1.54) is 12.1 Å². The quantitative estimate of drug-likeness (QED) is 0.620. The van der Waals surface area contributed by atoms with Crippen molar-refractivity contribution in [1.29, 1.82) is 0 Å². The third kappa shape index (κ3) is 5.77. The summed E-state index contributed by atoms with van der Waals surface area (Å²) in [6, 6.07) is 11.8. The summed E-state index contributed by atoms with van der Waals surface area (Å²) < 4.78 is 27.9. The highest BCUT2D eigenvalue weighted by molar-refractivity contribution is 7.92. The fourth-order valence-electron chi connectivity index (χ4n) is 3.53. The Bertz CT molecular complexity index is 992. The molecule has 0 spiro atoms. The first-order chi connectivity index (χ1) is 13.7. The molecule has 6 nitrogen and oxygen atoms in total. The predicted molar refractivity (Wildman–Crippen MR) is 119 cm³/mol. The van der Waals surface area contributed by atoms with Crippen molar-refractivity contribution in [2.24, 2.45) is 5.92 Å². The normalized spacial score (nSPS) is 14.4. The third-order valence-electron chi connectivity index (χ3n) is 4.86. The van der Waals surface area contributed by atoms with E-state index in [-0.39, 0.29) is 21.8 Å². The number of hydrogen-bond donors (Lipinski definition) is 3. The van der Waals surface area contributed by atoms with Crippen molar-refractivity contribution in [3.8, 4) is 0 Å². The lowest BCUT2D eigenvalue weighted by Crippen LogP contribution is -2.37. The van der Waals surface area contributed by atoms with E-state index >= 15 is 0 Å². The summed E-state index contributed by atoms with van der Waals surface area (Å²) in [4.78, 5) is 12.3. The van der Waals surface area contributed by atoms with Crippen LogP contribution in [0.15, 0.2) is 47.4 Å². The number of rotatable bonds is 5. The zero-order valence-electron chi connectivity index (χ0n) is 16.5. The first kappa shape index (κ1) is 21.3. The van der Waals surface area contributed by atoms with Gasteiger partial charge in [0.25, 0.3) is 10.0 Å². The Morgan fingerprint density at radius 1 is 0.966 bits per heavy atom. The molecular weight excluding hydrogens is 406 g/mol. The molecule has 3 N–H and O–H groups in total. The summed E-state index contributed by atoms with van der Waals surface area (Å²) in [6.45, 7) is 3.83. The number of hydrogen-bond acceptors (Lipinski definition) is 4. The third-order valence-corrected chi connectivity index (χ3v) is 6.46. The van der Waals surface area contributed by atoms with Crippen LogP contribution in [-0.4, -0.2) is 19.4 Å². The Hall–Kier alpha value is -2.45. The zero-order valence-corrected chi connectivity index (χ0v) is 18.1. The van der Waals surface area contributed by atoms with E-state index < -0.39 is 10.0 Å². The number of thiocarbonyl (C=S) groups is 1. The maximum absolute atomic E-state index is 12.6. The molecule has 1 aliphatic carbocycles. The summed E-state index contributed by atoms with van der Waals surface area (Å²) in [5, 5.41) is 5.85. The topological polar surface area (TPSA) is 87.3 Å². The molecular formula is C21H25N3O3S2. The van der Waals surface area contributed by atoms with Crippen molar-refractivity contribution < 1.29 is 13.2 Å². The standard InChI is InChI=1S/C21H25N3O3S2/c1-14-11-15(2)13-18(12-14)24-29(26,27)19-9-7-17(8-10-19)22-21(28)23-20(25)16-5-3-4-6-16/h7-13,16,24H,3-6H2,1-2H3,(H2,22,23,25,28). The van der Waals surface area contributed by atoms with E-state index in [0.717, 1.165) is 36.8 Å². The molecule has 1 aliphatic rings. The maximum Gasteiger partial charge on any atom is 0.261 e. The molecule has 8 heteroatoms. The highest BCUT2D eigenvalue weighted by Gasteiger charge is 2.23. The summed E-state index contributed by atoms with van der Waals surface area (Å²) >= 11 is 5.19. The Labute approximate surface area is 177 Å². The lowest BCUT2D eigenvalue weighted by atomic mass is 10.1. The van der Waals surface area contributed by atoms with Crippen LogP contribution in [0.4, 0.5) is 11.4 Å². The smallest absolute Gasteiger partial charge is 0.261 e. The molecule has 2 aromatic carbocycles. The zero-order chi connectivity index (χ0) is 21.0. The van der Waals surface area contributed by atoms with E-state index in [2.05, 4.69) is 15.4 Å². The summed E-state index contributed by atoms with van der Waals surface area (Å²) in [7, 11) is -3.70. The van der Waals surface area contributed by atoms with E-state index in [4.69, 9.17) is 12.2 Å². The molecule has 0 aliphatic heterocycles. The molecule has 1 fully saturated rings. The fourth-order valence-corrected chi connectivity index (χ4v) is 4.79. The monoisotopic (exact) mass is 431 g/mol. The van der Waals surface area contributed by atoms with Crippen LogP contribution in [0.2, 0.25) is 0 Å². The minimum Gasteiger partial charge on any atom is -0.332 e. The summed E-state index contributed by atoms with van der Waals surface area (Å²) in [5.41, 5.74) is 3.10. The number of aryl methyl sites for hydroxylation is 2. The van der Waals surface area contributed by atoms with Crippen molar-refractivity contribution in [2.75, 3.05) is 10.0 Å². The Balaban J connectivity index is 1.62. The number of nitrogens with one attached hydrogen (secondary N) is 3. The second-order valence-electron chi connectivity index (χ2n) is 7.43. The van der Waals surface area contributed by atoms with E-state index in [1.54, 1.807) is 24.3 Å². The molecule has 0 saturated heterocycles. The van der Waals surface area contributed by atoms with Gasteiger partial charge in [-0.3, -0.25) is 9.52 Å². The lowest BCUT2D eigenvalue weighted by molar-refractivity contribution is -0.123. The molecule has 2 aromatic rings. The van der Waals surface area contributed by atoms with Gasteiger partial charge in [0.1, 0.15) is 0 Å². The molecule has 0 bridgehead atoms. The number of sulfonamides is 1. The Morgan fingerprint density at radius 2 is 1.55 bits per heavy atom. The Kier molecular flexibility index (Phi) is 6.54. The van der Waals surface area contributed by atoms with Gasteiger partial charge in [-0.15, -0.1) is 0 Å². The molecule has 0 unspecified atom stereocenters. The summed E-state index contributed by atoms with van der Waals surface area (Å²) in [5.74, 6) is -0.0320. The Morgan fingerprint density at radius 3 is 2.14 bits per heavy atom. The number of benzene rings is 2. The predicted octanol–water partition coefficient (Wildman–Crippen LogP) is 4.11. The van der Waals surface area contributed by atoms with Crippen molar-refractivity contribution in [3.05, 3.63) is 53.6 Å². The van der Waals surface area contributed by atoms with Gasteiger partial charge in [-0.2, -0.15) is 0 Å². The van der Waals surface area contributed by atoms with Gasteiger partial charge in [-0.05, 0) is 86.4 Å². The minimum absolute atomic E-state index is 0.0265. The SMILES string of the molecule is Cc1cc(C)cc(NS(=O)(=O)c2ccc(NC(=S)NC(=O)C3CCCC3)cc2)c1. The molecule has 29 heavy (non-hydrogen) atoms. The molecule has 1 saturated carbocycles. The van der Waals surface area contributed by atoms with Gasteiger partial charge >= 0.3 is 0 Å². The van der Waals surface area contributed by atoms with Gasteiger partial charge in [0.05, 0.1) is 4.90 Å². The van der Waals surface area contributed by atoms with Crippen LogP contribution in [0.1, 0.15) is 36.8 Å². The van der Waals surface area contributed by atoms with Crippen LogP contribution in [0.5, 0.6) is 0 Å². The highest BCUT2D eigenvalue weighted by Crippen LogP contribution is 2.25. The van der Waals surface area contributed by atoms with Gasteiger partial charge in [0.2, 0.25) is 5.91 Å². The molecule has 0 heterocycles. The van der Waals surface area contributed by atoms with Crippen LogP contribution in [0, 0.1) is 19.8 Å². The fraction of sp³-hybridized carbons (Fsp3) is 0.333. The lowest BCUT2D eigenvalue weighted by Gasteiger charge is -2.13. The summed E-state index contributed by atoms with van der Waals surface area (Å²) in [6.07, 6.45) is 3.94. The number of carbonyl (C=O) groups excluding carboxylic acids is 1. The van der Waals surface area contributed by atoms with E-state index in [9.17, 15) is 13.2 Å². The number of anilines is 2. The van der Waals surface area contributed by atoms with Crippen LogP contribution in [-0.2, 0) is 14.8 Å². The van der Waals surface area contributed by atoms with E-state index in [1.807, 2.05) is 19.9 Å². The van der Waals surface area contributed by atoms with Crippen molar-refractivity contribution in [1.82, 2.24) is 5.32 Å². The molecule has 3 rings (SSSR count). The molecule has 0 atom stereocenters. The second-order valence-corrected chi connectivity index (χ2v) is 9.52. The molecule has 0 radical (unpaired) electrons. The average Bonchev–Trinajstić information content (AvgIpc) is 3.15.